The van der Waals surface area contributed by atoms with Crippen molar-refractivity contribution in [3.63, 3.8) is 0 Å². The van der Waals surface area contributed by atoms with Gasteiger partial charge in [0.2, 0.25) is 5.91 Å². The van der Waals surface area contributed by atoms with E-state index >= 15 is 0 Å². The van der Waals surface area contributed by atoms with Crippen molar-refractivity contribution >= 4 is 5.91 Å². The van der Waals surface area contributed by atoms with Crippen LogP contribution in [0.4, 0.5) is 0 Å². The van der Waals surface area contributed by atoms with Gasteiger partial charge in [0.25, 0.3) is 0 Å². The second kappa shape index (κ2) is 5.83. The van der Waals surface area contributed by atoms with E-state index in [1.165, 1.54) is 6.42 Å². The molecule has 2 aliphatic rings. The number of ether oxygens (including phenoxy) is 1. The number of carbonyl (C=O) groups excluding carboxylic acids is 1. The van der Waals surface area contributed by atoms with Crippen molar-refractivity contribution in [2.75, 3.05) is 26.3 Å². The molecular formula is C13H24N2O2. The lowest BCUT2D eigenvalue weighted by atomic mass is 10.0. The van der Waals surface area contributed by atoms with Crippen LogP contribution in [0.25, 0.3) is 0 Å². The maximum Gasteiger partial charge on any atom is 0.223 e. The third-order valence-corrected chi connectivity index (χ3v) is 3.88. The molecule has 4 heteroatoms. The number of carbonyl (C=O) groups is 1. The highest BCUT2D eigenvalue weighted by Crippen LogP contribution is 2.19. The first-order valence-electron chi connectivity index (χ1n) is 6.78. The van der Waals surface area contributed by atoms with Gasteiger partial charge in [-0.2, -0.15) is 0 Å². The van der Waals surface area contributed by atoms with Gasteiger partial charge >= 0.3 is 0 Å². The van der Waals surface area contributed by atoms with E-state index in [1.54, 1.807) is 0 Å². The number of nitrogens with one attached hydrogen (secondary N) is 1. The molecule has 98 valence electrons. The maximum absolute atomic E-state index is 12.2. The molecule has 1 amide bonds. The Morgan fingerprint density at radius 3 is 2.65 bits per heavy atom. The molecule has 0 bridgehead atoms. The molecule has 2 saturated heterocycles. The van der Waals surface area contributed by atoms with E-state index < -0.39 is 0 Å². The van der Waals surface area contributed by atoms with Gasteiger partial charge in [-0.3, -0.25) is 4.79 Å². The van der Waals surface area contributed by atoms with Crippen LogP contribution >= 0.6 is 0 Å². The van der Waals surface area contributed by atoms with Gasteiger partial charge in [-0.1, -0.05) is 0 Å². The maximum atomic E-state index is 12.2. The largest absolute Gasteiger partial charge is 0.377 e. The molecule has 2 aliphatic heterocycles. The number of morpholine rings is 1. The lowest BCUT2D eigenvalue weighted by Gasteiger charge is -2.39. The van der Waals surface area contributed by atoms with Crippen molar-refractivity contribution in [3.8, 4) is 0 Å². The van der Waals surface area contributed by atoms with Crippen LogP contribution in [-0.4, -0.2) is 49.2 Å². The third-order valence-electron chi connectivity index (χ3n) is 3.88. The fourth-order valence-electron chi connectivity index (χ4n) is 2.91. The van der Waals surface area contributed by atoms with Crippen LogP contribution in [0.15, 0.2) is 0 Å². The van der Waals surface area contributed by atoms with Crippen LogP contribution < -0.4 is 5.32 Å². The van der Waals surface area contributed by atoms with Crippen molar-refractivity contribution in [2.24, 2.45) is 5.92 Å². The van der Waals surface area contributed by atoms with Crippen LogP contribution in [0.1, 0.15) is 33.1 Å². The van der Waals surface area contributed by atoms with Gasteiger partial charge in [0.1, 0.15) is 0 Å². The van der Waals surface area contributed by atoms with E-state index in [0.29, 0.717) is 31.5 Å². The highest BCUT2D eigenvalue weighted by molar-refractivity contribution is 5.77. The molecule has 0 radical (unpaired) electrons. The smallest absolute Gasteiger partial charge is 0.223 e. The number of amides is 1. The Hall–Kier alpha value is -0.610. The van der Waals surface area contributed by atoms with E-state index in [2.05, 4.69) is 19.2 Å². The van der Waals surface area contributed by atoms with E-state index in [4.69, 9.17) is 4.74 Å². The molecule has 4 nitrogen and oxygen atoms in total. The highest BCUT2D eigenvalue weighted by Gasteiger charge is 2.29. The predicted molar refractivity (Wildman–Crippen MR) is 66.8 cm³/mol. The second-order valence-corrected chi connectivity index (χ2v) is 5.43. The summed E-state index contributed by atoms with van der Waals surface area (Å²) in [5, 5.41) is 3.35. The lowest BCUT2D eigenvalue weighted by molar-refractivity contribution is -0.144. The first kappa shape index (κ1) is 12.8. The molecule has 2 rings (SSSR count). The van der Waals surface area contributed by atoms with Crippen LogP contribution in [-0.2, 0) is 9.53 Å². The topological polar surface area (TPSA) is 41.6 Å². The minimum atomic E-state index is 0.230. The zero-order valence-corrected chi connectivity index (χ0v) is 10.9. The summed E-state index contributed by atoms with van der Waals surface area (Å²) in [7, 11) is 0. The summed E-state index contributed by atoms with van der Waals surface area (Å²) in [6, 6.07) is 0.459. The molecule has 0 spiro atoms. The molecule has 17 heavy (non-hydrogen) atoms. The van der Waals surface area contributed by atoms with Gasteiger partial charge < -0.3 is 15.0 Å². The molecule has 0 aliphatic carbocycles. The Kier molecular flexibility index (Phi) is 4.40. The highest BCUT2D eigenvalue weighted by atomic mass is 16.5. The van der Waals surface area contributed by atoms with Gasteiger partial charge in [-0.05, 0) is 45.7 Å². The Labute approximate surface area is 104 Å². The van der Waals surface area contributed by atoms with Crippen molar-refractivity contribution in [1.29, 1.82) is 0 Å². The molecule has 0 aromatic heterocycles. The number of rotatable bonds is 3. The Balaban J connectivity index is 1.80. The number of hydrogen-bond acceptors (Lipinski definition) is 3. The number of nitrogens with zero attached hydrogens (tertiary/aromatic N) is 1. The summed E-state index contributed by atoms with van der Waals surface area (Å²) in [5.74, 6) is 1.01. The normalized spacial score (nSPS) is 34.0. The summed E-state index contributed by atoms with van der Waals surface area (Å²) >= 11 is 0. The standard InChI is InChI=1S/C13H24N2O2/c1-10-8-17-9-11(2)15(10)13(16)4-3-12-5-6-14-7-12/h10-12,14H,3-9H2,1-2H3. The summed E-state index contributed by atoms with van der Waals surface area (Å²) < 4.78 is 5.45. The summed E-state index contributed by atoms with van der Waals surface area (Å²) in [4.78, 5) is 14.2. The molecule has 3 unspecified atom stereocenters. The molecule has 0 aromatic carbocycles. The quantitative estimate of drug-likeness (QED) is 0.800. The Morgan fingerprint density at radius 2 is 2.06 bits per heavy atom. The van der Waals surface area contributed by atoms with Crippen LogP contribution in [0.5, 0.6) is 0 Å². The molecule has 3 atom stereocenters. The molecule has 2 heterocycles. The average molecular weight is 240 g/mol. The first-order valence-corrected chi connectivity index (χ1v) is 6.78. The minimum absolute atomic E-state index is 0.230. The molecule has 1 N–H and O–H groups in total. The predicted octanol–water partition coefficient (Wildman–Crippen LogP) is 1.01. The van der Waals surface area contributed by atoms with Gasteiger partial charge in [-0.25, -0.2) is 0 Å². The summed E-state index contributed by atoms with van der Waals surface area (Å²) in [6.45, 7) is 7.71. The van der Waals surface area contributed by atoms with E-state index in [1.807, 2.05) is 4.90 Å². The second-order valence-electron chi connectivity index (χ2n) is 5.43. The van der Waals surface area contributed by atoms with Crippen molar-refractivity contribution in [1.82, 2.24) is 10.2 Å². The number of hydrogen-bond donors (Lipinski definition) is 1. The third kappa shape index (κ3) is 3.19. The van der Waals surface area contributed by atoms with Crippen LogP contribution in [0.3, 0.4) is 0 Å². The van der Waals surface area contributed by atoms with E-state index in [0.717, 1.165) is 19.5 Å². The van der Waals surface area contributed by atoms with E-state index in [9.17, 15) is 4.79 Å². The molecule has 2 fully saturated rings. The zero-order chi connectivity index (χ0) is 12.3. The van der Waals surface area contributed by atoms with Crippen LogP contribution in [0, 0.1) is 5.92 Å². The average Bonchev–Trinajstić information content (AvgIpc) is 2.79. The van der Waals surface area contributed by atoms with Gasteiger partial charge in [-0.15, -0.1) is 0 Å². The SMILES string of the molecule is CC1COCC(C)N1C(=O)CCC1CCNC1. The lowest BCUT2D eigenvalue weighted by Crippen LogP contribution is -2.52. The van der Waals surface area contributed by atoms with Crippen molar-refractivity contribution in [3.05, 3.63) is 0 Å². The molecule has 0 saturated carbocycles. The minimum Gasteiger partial charge on any atom is -0.377 e. The fourth-order valence-corrected chi connectivity index (χ4v) is 2.91. The van der Waals surface area contributed by atoms with E-state index in [-0.39, 0.29) is 12.1 Å². The monoisotopic (exact) mass is 240 g/mol. The molecular weight excluding hydrogens is 216 g/mol. The van der Waals surface area contributed by atoms with Crippen molar-refractivity contribution in [2.45, 2.75) is 45.2 Å². The fraction of sp³-hybridized carbons (Fsp3) is 0.923. The van der Waals surface area contributed by atoms with Gasteiger partial charge in [0.05, 0.1) is 25.3 Å². The first-order chi connectivity index (χ1) is 8.18. The van der Waals surface area contributed by atoms with Crippen LogP contribution in [0.2, 0.25) is 0 Å². The zero-order valence-electron chi connectivity index (χ0n) is 10.9. The van der Waals surface area contributed by atoms with Gasteiger partial charge in [0.15, 0.2) is 0 Å². The van der Waals surface area contributed by atoms with Crippen molar-refractivity contribution < 1.29 is 9.53 Å². The van der Waals surface area contributed by atoms with Gasteiger partial charge in [0, 0.05) is 6.42 Å². The summed E-state index contributed by atoms with van der Waals surface area (Å²) in [6.07, 6.45) is 2.95. The summed E-state index contributed by atoms with van der Waals surface area (Å²) in [5.41, 5.74) is 0. The Morgan fingerprint density at radius 1 is 1.35 bits per heavy atom. The Bertz CT molecular complexity index is 254. The molecule has 0 aromatic rings.